The summed E-state index contributed by atoms with van der Waals surface area (Å²) in [5.41, 5.74) is 1.09. The summed E-state index contributed by atoms with van der Waals surface area (Å²) >= 11 is 1.28. The highest BCUT2D eigenvalue weighted by Gasteiger charge is 2.32. The lowest BCUT2D eigenvalue weighted by molar-refractivity contribution is 0.259. The molecule has 2 aliphatic rings. The Morgan fingerprint density at radius 2 is 1.95 bits per heavy atom. The van der Waals surface area contributed by atoms with Crippen LogP contribution in [0, 0.1) is 0 Å². The van der Waals surface area contributed by atoms with Crippen molar-refractivity contribution in [2.45, 2.75) is 41.9 Å². The van der Waals surface area contributed by atoms with Gasteiger partial charge < -0.3 is 0 Å². The van der Waals surface area contributed by atoms with E-state index >= 15 is 0 Å². The lowest BCUT2D eigenvalue weighted by Crippen LogP contribution is -2.38. The molecule has 2 fully saturated rings. The minimum Gasteiger partial charge on any atom is -0.249 e. The summed E-state index contributed by atoms with van der Waals surface area (Å²) in [5.74, 6) is 0.605. The van der Waals surface area contributed by atoms with Crippen molar-refractivity contribution in [1.29, 1.82) is 0 Å². The molecule has 0 N–H and O–H groups in total. The molecule has 0 atom stereocenters. The van der Waals surface area contributed by atoms with Gasteiger partial charge in [0.15, 0.2) is 0 Å². The standard InChI is InChI=1S/C14H18N4O2S2/c19-22(20,14-2-1-9-21-14)17-7-5-12(6-8-17)18-10-13(15-16-18)11-3-4-11/h1-2,9-12H,3-8H2. The highest BCUT2D eigenvalue weighted by atomic mass is 32.2. The van der Waals surface area contributed by atoms with Crippen molar-refractivity contribution in [3.05, 3.63) is 29.4 Å². The summed E-state index contributed by atoms with van der Waals surface area (Å²) in [7, 11) is -3.32. The average molecular weight is 338 g/mol. The summed E-state index contributed by atoms with van der Waals surface area (Å²) < 4.78 is 28.9. The Balaban J connectivity index is 1.43. The van der Waals surface area contributed by atoms with Crippen LogP contribution in [0.2, 0.25) is 0 Å². The highest BCUT2D eigenvalue weighted by Crippen LogP contribution is 2.39. The van der Waals surface area contributed by atoms with Crippen LogP contribution in [0.5, 0.6) is 0 Å². The van der Waals surface area contributed by atoms with Crippen LogP contribution >= 0.6 is 11.3 Å². The van der Waals surface area contributed by atoms with Gasteiger partial charge in [-0.3, -0.25) is 0 Å². The molecular weight excluding hydrogens is 320 g/mol. The minimum atomic E-state index is -3.32. The third kappa shape index (κ3) is 2.59. The predicted molar refractivity (Wildman–Crippen MR) is 83.3 cm³/mol. The zero-order chi connectivity index (χ0) is 15.2. The van der Waals surface area contributed by atoms with Crippen LogP contribution in [-0.2, 0) is 10.0 Å². The van der Waals surface area contributed by atoms with Gasteiger partial charge >= 0.3 is 0 Å². The van der Waals surface area contributed by atoms with Gasteiger partial charge in [-0.1, -0.05) is 11.3 Å². The number of hydrogen-bond donors (Lipinski definition) is 0. The maximum atomic E-state index is 12.5. The maximum Gasteiger partial charge on any atom is 0.252 e. The highest BCUT2D eigenvalue weighted by molar-refractivity contribution is 7.91. The Labute approximate surface area is 133 Å². The van der Waals surface area contributed by atoms with E-state index in [1.54, 1.807) is 21.8 Å². The topological polar surface area (TPSA) is 68.1 Å². The molecule has 118 valence electrons. The second-order valence-electron chi connectivity index (χ2n) is 5.97. The molecule has 4 rings (SSSR count). The third-order valence-corrected chi connectivity index (χ3v) is 7.68. The van der Waals surface area contributed by atoms with E-state index in [0.717, 1.165) is 18.5 Å². The minimum absolute atomic E-state index is 0.259. The van der Waals surface area contributed by atoms with Gasteiger partial charge in [0.25, 0.3) is 10.0 Å². The van der Waals surface area contributed by atoms with Crippen molar-refractivity contribution in [2.24, 2.45) is 0 Å². The maximum absolute atomic E-state index is 12.5. The molecule has 2 aromatic rings. The molecule has 0 spiro atoms. The largest absolute Gasteiger partial charge is 0.252 e. The molecule has 6 nitrogen and oxygen atoms in total. The van der Waals surface area contributed by atoms with Gasteiger partial charge in [-0.25, -0.2) is 13.1 Å². The lowest BCUT2D eigenvalue weighted by Gasteiger charge is -2.30. The van der Waals surface area contributed by atoms with Crippen LogP contribution < -0.4 is 0 Å². The van der Waals surface area contributed by atoms with E-state index in [9.17, 15) is 8.42 Å². The zero-order valence-corrected chi connectivity index (χ0v) is 13.8. The lowest BCUT2D eigenvalue weighted by atomic mass is 10.1. The summed E-state index contributed by atoms with van der Waals surface area (Å²) in [6.07, 6.45) is 6.06. The molecular formula is C14H18N4O2S2. The first-order chi connectivity index (χ1) is 10.6. The van der Waals surface area contributed by atoms with Gasteiger partial charge in [-0.05, 0) is 37.1 Å². The molecule has 0 aromatic carbocycles. The van der Waals surface area contributed by atoms with E-state index in [1.165, 1.54) is 24.2 Å². The number of nitrogens with zero attached hydrogens (tertiary/aromatic N) is 4. The van der Waals surface area contributed by atoms with Crippen LogP contribution in [0.3, 0.4) is 0 Å². The van der Waals surface area contributed by atoms with E-state index < -0.39 is 10.0 Å². The first-order valence-corrected chi connectivity index (χ1v) is 9.92. The normalized spacial score (nSPS) is 21.3. The molecule has 0 bridgehead atoms. The summed E-state index contributed by atoms with van der Waals surface area (Å²) in [5, 5.41) is 10.3. The van der Waals surface area contributed by atoms with Crippen LogP contribution in [0.4, 0.5) is 0 Å². The van der Waals surface area contributed by atoms with Crippen LogP contribution in [0.25, 0.3) is 0 Å². The molecule has 1 aliphatic heterocycles. The van der Waals surface area contributed by atoms with Gasteiger partial charge in [0.05, 0.1) is 11.7 Å². The number of thiophene rings is 1. The quantitative estimate of drug-likeness (QED) is 0.857. The molecule has 1 saturated heterocycles. The molecule has 2 aromatic heterocycles. The van der Waals surface area contributed by atoms with Crippen molar-refractivity contribution >= 4 is 21.4 Å². The van der Waals surface area contributed by atoms with E-state index in [2.05, 4.69) is 10.3 Å². The Bertz CT molecular complexity index is 742. The molecule has 0 radical (unpaired) electrons. The Morgan fingerprint density at radius 1 is 1.18 bits per heavy atom. The van der Waals surface area contributed by atoms with Crippen molar-refractivity contribution < 1.29 is 8.42 Å². The average Bonchev–Trinajstić information content (AvgIpc) is 3.06. The number of piperidine rings is 1. The first kappa shape index (κ1) is 14.3. The van der Waals surface area contributed by atoms with Gasteiger partial charge in [0.2, 0.25) is 0 Å². The number of hydrogen-bond acceptors (Lipinski definition) is 5. The second kappa shape index (κ2) is 5.43. The second-order valence-corrected chi connectivity index (χ2v) is 9.08. The monoisotopic (exact) mass is 338 g/mol. The Morgan fingerprint density at radius 3 is 2.59 bits per heavy atom. The summed E-state index contributed by atoms with van der Waals surface area (Å²) in [6.45, 7) is 1.09. The molecule has 3 heterocycles. The summed E-state index contributed by atoms with van der Waals surface area (Å²) in [4.78, 5) is 0. The number of aromatic nitrogens is 3. The van der Waals surface area contributed by atoms with Crippen molar-refractivity contribution in [1.82, 2.24) is 19.3 Å². The molecule has 8 heteroatoms. The van der Waals surface area contributed by atoms with Gasteiger partial charge in [0.1, 0.15) is 4.21 Å². The van der Waals surface area contributed by atoms with E-state index in [1.807, 2.05) is 10.9 Å². The molecule has 0 unspecified atom stereocenters. The number of sulfonamides is 1. The van der Waals surface area contributed by atoms with Crippen LogP contribution in [0.15, 0.2) is 27.9 Å². The molecule has 1 saturated carbocycles. The van der Waals surface area contributed by atoms with Crippen molar-refractivity contribution in [2.75, 3.05) is 13.1 Å². The smallest absolute Gasteiger partial charge is 0.249 e. The SMILES string of the molecule is O=S(=O)(c1cccs1)N1CCC(n2cc(C3CC3)nn2)CC1. The van der Waals surface area contributed by atoms with E-state index in [-0.39, 0.29) is 6.04 Å². The predicted octanol–water partition coefficient (Wildman–Crippen LogP) is 2.24. The molecule has 0 amide bonds. The van der Waals surface area contributed by atoms with Crippen molar-refractivity contribution in [3.63, 3.8) is 0 Å². The van der Waals surface area contributed by atoms with E-state index in [0.29, 0.717) is 23.2 Å². The summed E-state index contributed by atoms with van der Waals surface area (Å²) in [6, 6.07) is 3.71. The van der Waals surface area contributed by atoms with Gasteiger partial charge in [-0.2, -0.15) is 4.31 Å². The van der Waals surface area contributed by atoms with Gasteiger partial charge in [-0.15, -0.1) is 16.4 Å². The zero-order valence-electron chi connectivity index (χ0n) is 12.1. The Kier molecular flexibility index (Phi) is 3.54. The third-order valence-electron chi connectivity index (χ3n) is 4.41. The van der Waals surface area contributed by atoms with Gasteiger partial charge in [0, 0.05) is 25.2 Å². The molecule has 1 aliphatic carbocycles. The fourth-order valence-electron chi connectivity index (χ4n) is 2.92. The fourth-order valence-corrected chi connectivity index (χ4v) is 5.53. The van der Waals surface area contributed by atoms with E-state index in [4.69, 9.17) is 0 Å². The molecule has 22 heavy (non-hydrogen) atoms. The van der Waals surface area contributed by atoms with Crippen molar-refractivity contribution in [3.8, 4) is 0 Å². The Hall–Kier alpha value is -1.25. The van der Waals surface area contributed by atoms with Crippen LogP contribution in [-0.4, -0.2) is 40.8 Å². The number of rotatable bonds is 4. The van der Waals surface area contributed by atoms with Crippen LogP contribution in [0.1, 0.15) is 43.3 Å². The fraction of sp³-hybridized carbons (Fsp3) is 0.571. The first-order valence-electron chi connectivity index (χ1n) is 7.60.